The predicted molar refractivity (Wildman–Crippen MR) is 93.0 cm³/mol. The van der Waals surface area contributed by atoms with Gasteiger partial charge in [-0.05, 0) is 31.9 Å². The highest BCUT2D eigenvalue weighted by Crippen LogP contribution is 2.41. The van der Waals surface area contributed by atoms with E-state index in [2.05, 4.69) is 5.32 Å². The molecule has 1 aromatic carbocycles. The van der Waals surface area contributed by atoms with E-state index in [1.165, 1.54) is 12.1 Å². The average Bonchev–Trinajstić information content (AvgIpc) is 3.12. The summed E-state index contributed by atoms with van der Waals surface area (Å²) in [5.74, 6) is -1.78. The number of hydrogen-bond donors (Lipinski definition) is 2. The van der Waals surface area contributed by atoms with Gasteiger partial charge in [0.15, 0.2) is 21.2 Å². The topological polar surface area (TPSA) is 119 Å². The van der Waals surface area contributed by atoms with Crippen molar-refractivity contribution in [3.05, 3.63) is 30.3 Å². The first-order valence-corrected chi connectivity index (χ1v) is 9.86. The van der Waals surface area contributed by atoms with E-state index in [0.29, 0.717) is 19.4 Å². The lowest BCUT2D eigenvalue weighted by molar-refractivity contribution is -0.150. The van der Waals surface area contributed by atoms with Gasteiger partial charge < -0.3 is 10.1 Å². The molecule has 0 atom stereocenters. The van der Waals surface area contributed by atoms with Gasteiger partial charge in [-0.3, -0.25) is 14.9 Å². The molecule has 0 spiro atoms. The van der Waals surface area contributed by atoms with Crippen LogP contribution in [0.4, 0.5) is 4.79 Å². The summed E-state index contributed by atoms with van der Waals surface area (Å²) in [4.78, 5) is 35.6. The van der Waals surface area contributed by atoms with Crippen molar-refractivity contribution in [3.63, 3.8) is 0 Å². The van der Waals surface area contributed by atoms with E-state index >= 15 is 0 Å². The van der Waals surface area contributed by atoms with E-state index in [9.17, 15) is 22.8 Å². The Kier molecular flexibility index (Phi) is 6.36. The number of ether oxygens (including phenoxy) is 1. The van der Waals surface area contributed by atoms with Gasteiger partial charge in [-0.2, -0.15) is 0 Å². The minimum atomic E-state index is -3.96. The lowest BCUT2D eigenvalue weighted by Gasteiger charge is -2.26. The van der Waals surface area contributed by atoms with Crippen LogP contribution in [0, 0.1) is 0 Å². The number of nitrogens with one attached hydrogen (secondary N) is 2. The SMILES string of the molecule is CCNC(=O)NC(=O)COC(=O)C1(S(=O)(=O)c2ccccc2)CCCC1. The van der Waals surface area contributed by atoms with E-state index in [0.717, 1.165) is 0 Å². The summed E-state index contributed by atoms with van der Waals surface area (Å²) in [5, 5.41) is 4.36. The van der Waals surface area contributed by atoms with Crippen molar-refractivity contribution < 1.29 is 27.5 Å². The molecule has 1 saturated carbocycles. The number of sulfone groups is 1. The minimum Gasteiger partial charge on any atom is -0.454 e. The van der Waals surface area contributed by atoms with Crippen molar-refractivity contribution in [3.8, 4) is 0 Å². The molecule has 142 valence electrons. The second-order valence-corrected chi connectivity index (χ2v) is 8.26. The van der Waals surface area contributed by atoms with Crippen LogP contribution < -0.4 is 10.6 Å². The predicted octanol–water partition coefficient (Wildman–Crippen LogP) is 1.16. The van der Waals surface area contributed by atoms with E-state index < -0.39 is 39.1 Å². The number of benzene rings is 1. The van der Waals surface area contributed by atoms with Crippen LogP contribution in [0.25, 0.3) is 0 Å². The molecule has 0 bridgehead atoms. The fraction of sp³-hybridized carbons (Fsp3) is 0.471. The molecule has 0 aromatic heterocycles. The van der Waals surface area contributed by atoms with E-state index in [1.54, 1.807) is 25.1 Å². The first kappa shape index (κ1) is 19.9. The lowest BCUT2D eigenvalue weighted by atomic mass is 10.1. The van der Waals surface area contributed by atoms with Crippen LogP contribution in [-0.2, 0) is 24.2 Å². The quantitative estimate of drug-likeness (QED) is 0.713. The number of urea groups is 1. The third-order valence-corrected chi connectivity index (χ3v) is 6.77. The zero-order chi connectivity index (χ0) is 19.2. The summed E-state index contributed by atoms with van der Waals surface area (Å²) in [7, 11) is -3.96. The van der Waals surface area contributed by atoms with Gasteiger partial charge in [0.2, 0.25) is 0 Å². The van der Waals surface area contributed by atoms with Crippen LogP contribution in [0.2, 0.25) is 0 Å². The van der Waals surface area contributed by atoms with Gasteiger partial charge in [-0.15, -0.1) is 0 Å². The molecule has 1 fully saturated rings. The molecule has 9 heteroatoms. The smallest absolute Gasteiger partial charge is 0.328 e. The zero-order valence-electron chi connectivity index (χ0n) is 14.5. The number of rotatable bonds is 6. The highest BCUT2D eigenvalue weighted by Gasteiger charge is 2.54. The van der Waals surface area contributed by atoms with Gasteiger partial charge in [0.05, 0.1) is 4.90 Å². The highest BCUT2D eigenvalue weighted by molar-refractivity contribution is 7.93. The molecule has 0 heterocycles. The van der Waals surface area contributed by atoms with Crippen molar-refractivity contribution in [2.75, 3.05) is 13.2 Å². The van der Waals surface area contributed by atoms with Crippen LogP contribution in [0.15, 0.2) is 35.2 Å². The Balaban J connectivity index is 2.13. The molecule has 0 radical (unpaired) electrons. The highest BCUT2D eigenvalue weighted by atomic mass is 32.2. The van der Waals surface area contributed by atoms with Gasteiger partial charge in [-0.25, -0.2) is 13.2 Å². The van der Waals surface area contributed by atoms with Crippen LogP contribution in [0.5, 0.6) is 0 Å². The van der Waals surface area contributed by atoms with Gasteiger partial charge in [0.1, 0.15) is 0 Å². The van der Waals surface area contributed by atoms with E-state index in [1.807, 2.05) is 5.32 Å². The van der Waals surface area contributed by atoms with Crippen molar-refractivity contribution in [2.45, 2.75) is 42.2 Å². The minimum absolute atomic E-state index is 0.0469. The van der Waals surface area contributed by atoms with Crippen molar-refractivity contribution >= 4 is 27.7 Å². The Morgan fingerprint density at radius 3 is 2.31 bits per heavy atom. The van der Waals surface area contributed by atoms with Crippen molar-refractivity contribution in [1.29, 1.82) is 0 Å². The summed E-state index contributed by atoms with van der Waals surface area (Å²) >= 11 is 0. The third kappa shape index (κ3) is 4.04. The molecule has 26 heavy (non-hydrogen) atoms. The summed E-state index contributed by atoms with van der Waals surface area (Å²) in [5.41, 5.74) is 0. The van der Waals surface area contributed by atoms with Gasteiger partial charge in [0, 0.05) is 6.54 Å². The molecule has 1 aliphatic rings. The molecular weight excluding hydrogens is 360 g/mol. The van der Waals surface area contributed by atoms with Crippen LogP contribution in [0.1, 0.15) is 32.6 Å². The number of carbonyl (C=O) groups excluding carboxylic acids is 3. The molecule has 2 N–H and O–H groups in total. The summed E-state index contributed by atoms with van der Waals surface area (Å²) in [6.07, 6.45) is 1.43. The van der Waals surface area contributed by atoms with Crippen LogP contribution in [0.3, 0.4) is 0 Å². The number of imide groups is 1. The number of esters is 1. The van der Waals surface area contributed by atoms with Gasteiger partial charge in [-0.1, -0.05) is 31.0 Å². The average molecular weight is 382 g/mol. The third-order valence-electron chi connectivity index (χ3n) is 4.28. The Hall–Kier alpha value is -2.42. The fourth-order valence-electron chi connectivity index (χ4n) is 2.98. The molecule has 1 aromatic rings. The van der Waals surface area contributed by atoms with Crippen LogP contribution >= 0.6 is 0 Å². The maximum atomic E-state index is 13.0. The normalized spacial score (nSPS) is 15.9. The molecular formula is C17H22N2O6S. The molecule has 0 unspecified atom stereocenters. The number of amides is 3. The summed E-state index contributed by atoms with van der Waals surface area (Å²) in [6, 6.07) is 7.02. The Morgan fingerprint density at radius 1 is 1.12 bits per heavy atom. The fourth-order valence-corrected chi connectivity index (χ4v) is 5.06. The first-order chi connectivity index (χ1) is 12.3. The van der Waals surface area contributed by atoms with Gasteiger partial charge >= 0.3 is 12.0 Å². The zero-order valence-corrected chi connectivity index (χ0v) is 15.3. The van der Waals surface area contributed by atoms with Crippen molar-refractivity contribution in [2.24, 2.45) is 0 Å². The molecule has 0 saturated heterocycles. The summed E-state index contributed by atoms with van der Waals surface area (Å²) in [6.45, 7) is 1.29. The van der Waals surface area contributed by atoms with Gasteiger partial charge in [0.25, 0.3) is 5.91 Å². The maximum absolute atomic E-state index is 13.0. The Labute approximate surface area is 152 Å². The lowest BCUT2D eigenvalue weighted by Crippen LogP contribution is -2.47. The molecule has 8 nitrogen and oxygen atoms in total. The molecule has 3 amide bonds. The van der Waals surface area contributed by atoms with Crippen LogP contribution in [-0.4, -0.2) is 44.2 Å². The summed E-state index contributed by atoms with van der Waals surface area (Å²) < 4.78 is 29.4. The molecule has 1 aliphatic carbocycles. The second kappa shape index (κ2) is 8.31. The molecule has 0 aliphatic heterocycles. The molecule has 2 rings (SSSR count). The van der Waals surface area contributed by atoms with E-state index in [-0.39, 0.29) is 17.7 Å². The number of carbonyl (C=O) groups is 3. The second-order valence-electron chi connectivity index (χ2n) is 6.00. The largest absolute Gasteiger partial charge is 0.454 e. The standard InChI is InChI=1S/C17H22N2O6S/c1-2-18-16(22)19-14(20)12-25-15(21)17(10-6-7-11-17)26(23,24)13-8-4-3-5-9-13/h3-5,8-9H,2,6-7,10-12H2,1H3,(H2,18,19,20,22). The van der Waals surface area contributed by atoms with E-state index in [4.69, 9.17) is 4.74 Å². The van der Waals surface area contributed by atoms with Crippen molar-refractivity contribution in [1.82, 2.24) is 10.6 Å². The number of hydrogen-bond acceptors (Lipinski definition) is 6. The Bertz CT molecular complexity index is 770. The monoisotopic (exact) mass is 382 g/mol. The first-order valence-electron chi connectivity index (χ1n) is 8.38. The Morgan fingerprint density at radius 2 is 1.73 bits per heavy atom. The maximum Gasteiger partial charge on any atom is 0.328 e.